The molecule has 0 aromatic heterocycles. The standard InChI is InChI=1S/C15H20O7/c1-8-3-5-9(6-4-8)14(19)22-13-11(17)10(7-16)21-15(20-2)12(13)18/h3-6,10-13,15-18H,7H2,1-2H3/t10-,11+,12+,13+,15-/m1/s1. The number of esters is 1. The van der Waals surface area contributed by atoms with Crippen LogP contribution in [0.15, 0.2) is 24.3 Å². The lowest BCUT2D eigenvalue weighted by Gasteiger charge is -2.40. The second-order valence-electron chi connectivity index (χ2n) is 5.18. The van der Waals surface area contributed by atoms with E-state index in [0.717, 1.165) is 5.56 Å². The van der Waals surface area contributed by atoms with E-state index < -0.39 is 43.3 Å². The highest BCUT2D eigenvalue weighted by Gasteiger charge is 2.46. The molecule has 0 spiro atoms. The maximum Gasteiger partial charge on any atom is 0.338 e. The molecule has 0 aliphatic carbocycles. The monoisotopic (exact) mass is 312 g/mol. The summed E-state index contributed by atoms with van der Waals surface area (Å²) >= 11 is 0. The van der Waals surface area contributed by atoms with Gasteiger partial charge in [-0.1, -0.05) is 17.7 Å². The van der Waals surface area contributed by atoms with Gasteiger partial charge in [0.15, 0.2) is 12.4 Å². The van der Waals surface area contributed by atoms with E-state index in [9.17, 15) is 20.1 Å². The number of benzene rings is 1. The number of rotatable bonds is 4. The highest BCUT2D eigenvalue weighted by molar-refractivity contribution is 5.89. The Kier molecular flexibility index (Phi) is 5.49. The van der Waals surface area contributed by atoms with Crippen LogP contribution in [-0.4, -0.2) is 65.7 Å². The molecule has 1 fully saturated rings. The third-order valence-corrected chi connectivity index (χ3v) is 3.58. The van der Waals surface area contributed by atoms with Crippen LogP contribution in [0.4, 0.5) is 0 Å². The molecule has 0 bridgehead atoms. The van der Waals surface area contributed by atoms with E-state index in [-0.39, 0.29) is 0 Å². The number of aryl methyl sites for hydroxylation is 1. The van der Waals surface area contributed by atoms with Crippen molar-refractivity contribution in [1.82, 2.24) is 0 Å². The first-order valence-corrected chi connectivity index (χ1v) is 6.90. The lowest BCUT2D eigenvalue weighted by molar-refractivity contribution is -0.293. The van der Waals surface area contributed by atoms with Crippen LogP contribution in [0, 0.1) is 6.92 Å². The van der Waals surface area contributed by atoms with E-state index in [4.69, 9.17) is 14.2 Å². The molecule has 0 radical (unpaired) electrons. The Hall–Kier alpha value is -1.51. The fourth-order valence-corrected chi connectivity index (χ4v) is 2.27. The predicted molar refractivity (Wildman–Crippen MR) is 75.2 cm³/mol. The lowest BCUT2D eigenvalue weighted by Crippen LogP contribution is -2.60. The van der Waals surface area contributed by atoms with Crippen LogP contribution >= 0.6 is 0 Å². The van der Waals surface area contributed by atoms with Gasteiger partial charge in [-0.15, -0.1) is 0 Å². The molecule has 1 aliphatic rings. The van der Waals surface area contributed by atoms with Gasteiger partial charge in [0.2, 0.25) is 0 Å². The van der Waals surface area contributed by atoms with Crippen molar-refractivity contribution in [2.45, 2.75) is 37.6 Å². The van der Waals surface area contributed by atoms with Gasteiger partial charge in [0.25, 0.3) is 0 Å². The summed E-state index contributed by atoms with van der Waals surface area (Å²) in [5.41, 5.74) is 1.29. The van der Waals surface area contributed by atoms with Crippen molar-refractivity contribution >= 4 is 5.97 Å². The maximum absolute atomic E-state index is 12.1. The normalized spacial score (nSPS) is 31.8. The summed E-state index contributed by atoms with van der Waals surface area (Å²) in [5, 5.41) is 29.4. The molecule has 1 heterocycles. The first-order chi connectivity index (χ1) is 10.5. The first-order valence-electron chi connectivity index (χ1n) is 6.90. The van der Waals surface area contributed by atoms with Crippen molar-refractivity contribution in [1.29, 1.82) is 0 Å². The number of hydrogen-bond donors (Lipinski definition) is 3. The van der Waals surface area contributed by atoms with Gasteiger partial charge in [0.05, 0.1) is 12.2 Å². The van der Waals surface area contributed by atoms with Crippen LogP contribution in [0.3, 0.4) is 0 Å². The van der Waals surface area contributed by atoms with Gasteiger partial charge in [0.1, 0.15) is 18.3 Å². The largest absolute Gasteiger partial charge is 0.453 e. The molecule has 0 unspecified atom stereocenters. The van der Waals surface area contributed by atoms with E-state index in [0.29, 0.717) is 5.56 Å². The average molecular weight is 312 g/mol. The third-order valence-electron chi connectivity index (χ3n) is 3.58. The van der Waals surface area contributed by atoms with E-state index in [2.05, 4.69) is 0 Å². The number of carbonyl (C=O) groups excluding carboxylic acids is 1. The van der Waals surface area contributed by atoms with E-state index >= 15 is 0 Å². The van der Waals surface area contributed by atoms with Gasteiger partial charge in [-0.2, -0.15) is 0 Å². The minimum atomic E-state index is -1.36. The van der Waals surface area contributed by atoms with Crippen LogP contribution in [0.1, 0.15) is 15.9 Å². The van der Waals surface area contributed by atoms with Crippen molar-refractivity contribution in [3.63, 3.8) is 0 Å². The Morgan fingerprint density at radius 1 is 1.23 bits per heavy atom. The van der Waals surface area contributed by atoms with E-state index in [1.807, 2.05) is 6.92 Å². The Labute approximate surface area is 128 Å². The zero-order valence-corrected chi connectivity index (χ0v) is 12.4. The third kappa shape index (κ3) is 3.45. The van der Waals surface area contributed by atoms with Crippen molar-refractivity contribution < 1.29 is 34.3 Å². The van der Waals surface area contributed by atoms with Gasteiger partial charge < -0.3 is 29.5 Å². The number of methoxy groups -OCH3 is 1. The van der Waals surface area contributed by atoms with Crippen LogP contribution in [0.2, 0.25) is 0 Å². The van der Waals surface area contributed by atoms with E-state index in [1.165, 1.54) is 7.11 Å². The molecule has 1 aromatic rings. The number of ether oxygens (including phenoxy) is 3. The van der Waals surface area contributed by atoms with Crippen molar-refractivity contribution in [2.75, 3.05) is 13.7 Å². The van der Waals surface area contributed by atoms with Gasteiger partial charge in [-0.25, -0.2) is 4.79 Å². The fourth-order valence-electron chi connectivity index (χ4n) is 2.27. The molecular formula is C15H20O7. The van der Waals surface area contributed by atoms with Gasteiger partial charge >= 0.3 is 5.97 Å². The Balaban J connectivity index is 2.14. The summed E-state index contributed by atoms with van der Waals surface area (Å²) in [6, 6.07) is 6.68. The summed E-state index contributed by atoms with van der Waals surface area (Å²) in [4.78, 5) is 12.1. The van der Waals surface area contributed by atoms with Gasteiger partial charge in [0, 0.05) is 7.11 Å². The average Bonchev–Trinajstić information content (AvgIpc) is 2.52. The molecule has 0 saturated carbocycles. The van der Waals surface area contributed by atoms with Crippen molar-refractivity contribution in [2.24, 2.45) is 0 Å². The van der Waals surface area contributed by atoms with Crippen LogP contribution < -0.4 is 0 Å². The minimum absolute atomic E-state index is 0.297. The Morgan fingerprint density at radius 2 is 1.86 bits per heavy atom. The first kappa shape index (κ1) is 16.9. The molecule has 7 nitrogen and oxygen atoms in total. The minimum Gasteiger partial charge on any atom is -0.453 e. The Morgan fingerprint density at radius 3 is 2.41 bits per heavy atom. The van der Waals surface area contributed by atoms with Gasteiger partial charge in [-0.05, 0) is 19.1 Å². The molecule has 22 heavy (non-hydrogen) atoms. The summed E-state index contributed by atoms with van der Waals surface area (Å²) in [6.07, 6.45) is -6.09. The smallest absolute Gasteiger partial charge is 0.338 e. The summed E-state index contributed by atoms with van der Waals surface area (Å²) in [6.45, 7) is 1.39. The molecule has 1 aliphatic heterocycles. The summed E-state index contributed by atoms with van der Waals surface area (Å²) < 4.78 is 15.3. The number of aliphatic hydroxyl groups excluding tert-OH is 3. The number of hydrogen-bond acceptors (Lipinski definition) is 7. The predicted octanol–water partition coefficient (Wildman–Crippen LogP) is -0.394. The van der Waals surface area contributed by atoms with Crippen LogP contribution in [0.25, 0.3) is 0 Å². The topological polar surface area (TPSA) is 105 Å². The number of carbonyl (C=O) groups is 1. The molecule has 5 atom stereocenters. The molecule has 1 aromatic carbocycles. The Bertz CT molecular complexity index is 485. The second-order valence-corrected chi connectivity index (χ2v) is 5.18. The SMILES string of the molecule is CO[C@@H]1O[C@H](CO)[C@H](O)[C@H](OC(=O)c2ccc(C)cc2)[C@@H]1O. The van der Waals surface area contributed by atoms with Crippen molar-refractivity contribution in [3.05, 3.63) is 35.4 Å². The van der Waals surface area contributed by atoms with Crippen LogP contribution in [0.5, 0.6) is 0 Å². The highest BCUT2D eigenvalue weighted by atomic mass is 16.7. The fraction of sp³-hybridized carbons (Fsp3) is 0.533. The molecule has 3 N–H and O–H groups in total. The zero-order chi connectivity index (χ0) is 16.3. The second kappa shape index (κ2) is 7.17. The molecule has 2 rings (SSSR count). The van der Waals surface area contributed by atoms with Crippen molar-refractivity contribution in [3.8, 4) is 0 Å². The summed E-state index contributed by atoms with van der Waals surface area (Å²) in [7, 11) is 1.30. The summed E-state index contributed by atoms with van der Waals surface area (Å²) in [5.74, 6) is -0.684. The quantitative estimate of drug-likeness (QED) is 0.650. The maximum atomic E-state index is 12.1. The lowest BCUT2D eigenvalue weighted by atomic mass is 9.99. The molecule has 122 valence electrons. The molecular weight excluding hydrogens is 292 g/mol. The van der Waals surface area contributed by atoms with E-state index in [1.54, 1.807) is 24.3 Å². The highest BCUT2D eigenvalue weighted by Crippen LogP contribution is 2.24. The van der Waals surface area contributed by atoms with Gasteiger partial charge in [-0.3, -0.25) is 0 Å². The van der Waals surface area contributed by atoms with Crippen LogP contribution in [-0.2, 0) is 14.2 Å². The zero-order valence-electron chi connectivity index (χ0n) is 12.4. The molecule has 7 heteroatoms. The number of aliphatic hydroxyl groups is 3. The molecule has 0 amide bonds. The molecule has 1 saturated heterocycles.